The van der Waals surface area contributed by atoms with Crippen LogP contribution in [0.2, 0.25) is 0 Å². The van der Waals surface area contributed by atoms with Crippen molar-refractivity contribution in [3.8, 4) is 85.0 Å². The molecule has 0 spiro atoms. The van der Waals surface area contributed by atoms with Gasteiger partial charge in [0.15, 0.2) is 0 Å². The van der Waals surface area contributed by atoms with Gasteiger partial charge in [-0.05, 0) is 181 Å². The third-order valence-electron chi connectivity index (χ3n) is 18.9. The highest BCUT2D eigenvalue weighted by Gasteiger charge is 2.23. The van der Waals surface area contributed by atoms with Crippen LogP contribution in [-0.4, -0.2) is 27.5 Å². The molecule has 0 N–H and O–H groups in total. The Morgan fingerprint density at radius 2 is 0.673 bits per heavy atom. The zero-order chi connectivity index (χ0) is 68.2. The second kappa shape index (κ2) is 27.6. The zero-order valence-corrected chi connectivity index (χ0v) is 56.1. The Balaban J connectivity index is 0.757. The molecule has 0 radical (unpaired) electrons. The van der Waals surface area contributed by atoms with Crippen molar-refractivity contribution in [2.45, 2.75) is 0 Å². The van der Waals surface area contributed by atoms with E-state index < -0.39 is 0 Å². The van der Waals surface area contributed by atoms with Crippen molar-refractivity contribution in [2.24, 2.45) is 0 Å². The van der Waals surface area contributed by atoms with Gasteiger partial charge in [-0.15, -0.1) is 0 Å². The zero-order valence-electron chi connectivity index (χ0n) is 55.2. The van der Waals surface area contributed by atoms with Crippen molar-refractivity contribution < 1.29 is 9.47 Å². The quantitative estimate of drug-likeness (QED) is 0.0661. The number of benzene rings is 14. The number of rotatable bonds is 17. The van der Waals surface area contributed by atoms with E-state index in [0.717, 1.165) is 167 Å². The standard InChI is InChI=1S/C92H62N6O2S/c1-99-79-49-37-65(38-50-79)74-41-54-86-82(57-74)83-58-75(66-39-51-80(100-2)52-40-66)42-55-87(83)98(86)78-47-35-67(36-48-78)81-53-56-88(92-91(81)95-101-96-92)97(76-43-31-63(32-44-76)61-23-27-68(28-24-61)84(59-93)89(70-15-7-3-8-16-70)71-17-9-4-10-18-71)77-45-33-64(34-46-77)62-25-29-69(30-26-62)85(60-94)90(72-19-11-5-12-20-72)73-21-13-6-14-22-73/h3-58H,1-2H3. The molecule has 0 fully saturated rings. The Morgan fingerprint density at radius 3 is 1.05 bits per heavy atom. The topological polar surface area (TPSA) is 100.0 Å². The van der Waals surface area contributed by atoms with Crippen LogP contribution in [0.15, 0.2) is 340 Å². The number of fused-ring (bicyclic) bond motifs is 4. The lowest BCUT2D eigenvalue weighted by atomic mass is 9.89. The number of methoxy groups -OCH3 is 2. The summed E-state index contributed by atoms with van der Waals surface area (Å²) >= 11 is 1.21. The lowest BCUT2D eigenvalue weighted by Gasteiger charge is -2.26. The van der Waals surface area contributed by atoms with Crippen LogP contribution in [0.3, 0.4) is 0 Å². The van der Waals surface area contributed by atoms with Gasteiger partial charge in [0.1, 0.15) is 34.7 Å². The van der Waals surface area contributed by atoms with Gasteiger partial charge >= 0.3 is 0 Å². The molecule has 0 saturated heterocycles. The summed E-state index contributed by atoms with van der Waals surface area (Å²) in [5.41, 5.74) is 26.7. The van der Waals surface area contributed by atoms with Crippen LogP contribution in [0.25, 0.3) is 116 Å². The minimum Gasteiger partial charge on any atom is -0.497 e. The van der Waals surface area contributed by atoms with Crippen LogP contribution in [-0.2, 0) is 0 Å². The van der Waals surface area contributed by atoms with Gasteiger partial charge in [-0.1, -0.05) is 243 Å². The molecule has 101 heavy (non-hydrogen) atoms. The summed E-state index contributed by atoms with van der Waals surface area (Å²) in [5, 5.41) is 23.9. The summed E-state index contributed by atoms with van der Waals surface area (Å²) in [5.74, 6) is 1.64. The maximum atomic E-state index is 10.8. The second-order valence-electron chi connectivity index (χ2n) is 24.7. The van der Waals surface area contributed by atoms with E-state index in [9.17, 15) is 10.5 Å². The van der Waals surface area contributed by atoms with Gasteiger partial charge in [-0.25, -0.2) is 0 Å². The van der Waals surface area contributed by atoms with E-state index in [-0.39, 0.29) is 0 Å². The summed E-state index contributed by atoms with van der Waals surface area (Å²) in [6, 6.07) is 123. The molecule has 0 bridgehead atoms. The van der Waals surface area contributed by atoms with E-state index in [2.05, 4.69) is 240 Å². The number of hydrogen-bond acceptors (Lipinski definition) is 8. The highest BCUT2D eigenvalue weighted by molar-refractivity contribution is 7.00. The molecule has 2 aromatic heterocycles. The van der Waals surface area contributed by atoms with Crippen LogP contribution in [0, 0.1) is 22.7 Å². The van der Waals surface area contributed by atoms with Crippen molar-refractivity contribution in [2.75, 3.05) is 19.1 Å². The molecule has 16 aromatic rings. The molecule has 16 rings (SSSR count). The van der Waals surface area contributed by atoms with Crippen LogP contribution < -0.4 is 14.4 Å². The Morgan fingerprint density at radius 1 is 0.337 bits per heavy atom. The molecule has 0 atom stereocenters. The summed E-state index contributed by atoms with van der Waals surface area (Å²) in [6.07, 6.45) is 0. The van der Waals surface area contributed by atoms with Crippen molar-refractivity contribution in [3.63, 3.8) is 0 Å². The Hall–Kier alpha value is -13.4. The van der Waals surface area contributed by atoms with E-state index in [1.54, 1.807) is 14.2 Å². The molecular formula is C92H62N6O2S. The molecule has 0 aliphatic heterocycles. The smallest absolute Gasteiger partial charge is 0.129 e. The largest absolute Gasteiger partial charge is 0.497 e. The maximum Gasteiger partial charge on any atom is 0.129 e. The lowest BCUT2D eigenvalue weighted by Crippen LogP contribution is -2.10. The number of nitrogens with zero attached hydrogens (tertiary/aromatic N) is 6. The summed E-state index contributed by atoms with van der Waals surface area (Å²) in [4.78, 5) is 2.26. The van der Waals surface area contributed by atoms with Crippen molar-refractivity contribution in [1.82, 2.24) is 13.3 Å². The monoisotopic (exact) mass is 1310 g/mol. The fourth-order valence-corrected chi connectivity index (χ4v) is 14.4. The van der Waals surface area contributed by atoms with Crippen molar-refractivity contribution >= 4 is 83.9 Å². The highest BCUT2D eigenvalue weighted by Crippen LogP contribution is 2.45. The third-order valence-corrected chi connectivity index (χ3v) is 19.5. The van der Waals surface area contributed by atoms with E-state index in [0.29, 0.717) is 11.1 Å². The van der Waals surface area contributed by atoms with Gasteiger partial charge in [-0.2, -0.15) is 19.3 Å². The predicted molar refractivity (Wildman–Crippen MR) is 416 cm³/mol. The predicted octanol–water partition coefficient (Wildman–Crippen LogP) is 23.6. The van der Waals surface area contributed by atoms with Gasteiger partial charge in [0.25, 0.3) is 0 Å². The van der Waals surface area contributed by atoms with E-state index in [1.165, 1.54) is 11.7 Å². The molecule has 0 aliphatic carbocycles. The first-order chi connectivity index (χ1) is 49.9. The molecule has 478 valence electrons. The fraction of sp³-hybridized carbons (Fsp3) is 0.0217. The van der Waals surface area contributed by atoms with Gasteiger partial charge in [0.2, 0.25) is 0 Å². The fourth-order valence-electron chi connectivity index (χ4n) is 13.8. The average Bonchev–Trinajstić information content (AvgIpc) is 1.57. The number of aromatic nitrogens is 3. The first-order valence-corrected chi connectivity index (χ1v) is 34.1. The Bertz CT molecular complexity index is 5460. The Kier molecular flexibility index (Phi) is 17.0. The summed E-state index contributed by atoms with van der Waals surface area (Å²) in [7, 11) is 3.39. The average molecular weight is 1320 g/mol. The second-order valence-corrected chi connectivity index (χ2v) is 25.2. The normalized spacial score (nSPS) is 11.0. The van der Waals surface area contributed by atoms with Crippen LogP contribution >= 0.6 is 11.7 Å². The van der Waals surface area contributed by atoms with Crippen LogP contribution in [0.1, 0.15) is 33.4 Å². The molecular weight excluding hydrogens is 1250 g/mol. The van der Waals surface area contributed by atoms with Gasteiger partial charge in [0, 0.05) is 44.5 Å². The Labute approximate surface area is 590 Å². The van der Waals surface area contributed by atoms with Gasteiger partial charge in [0.05, 0.1) is 53.8 Å². The minimum absolute atomic E-state index is 0.607. The number of nitriles is 2. The molecule has 0 aliphatic rings. The molecule has 8 nitrogen and oxygen atoms in total. The van der Waals surface area contributed by atoms with Gasteiger partial charge < -0.3 is 18.9 Å². The minimum atomic E-state index is 0.607. The molecule has 2 heterocycles. The number of ether oxygens (including phenoxy) is 2. The number of allylic oxidation sites excluding steroid dienone is 2. The van der Waals surface area contributed by atoms with Gasteiger partial charge in [-0.3, -0.25) is 0 Å². The molecule has 0 saturated carbocycles. The SMILES string of the molecule is COc1ccc(-c2ccc3c(c2)c2cc(-c4ccc(OC)cc4)ccc2n3-c2ccc(-c3ccc(N(c4ccc(-c5ccc(C(C#N)=C(c6ccccc6)c6ccccc6)cc5)cc4)c4ccc(-c5ccc(C(C#N)=C(c6ccccc6)c6ccccc6)cc5)cc4)c4nsnc34)cc2)cc1. The molecule has 9 heteroatoms. The van der Waals surface area contributed by atoms with E-state index >= 15 is 0 Å². The highest BCUT2D eigenvalue weighted by atomic mass is 32.1. The third kappa shape index (κ3) is 12.2. The number of anilines is 3. The summed E-state index contributed by atoms with van der Waals surface area (Å²) in [6.45, 7) is 0. The van der Waals surface area contributed by atoms with Crippen LogP contribution in [0.5, 0.6) is 11.5 Å². The van der Waals surface area contributed by atoms with E-state index in [4.69, 9.17) is 18.2 Å². The van der Waals surface area contributed by atoms with E-state index in [1.807, 2.05) is 121 Å². The first-order valence-electron chi connectivity index (χ1n) is 33.4. The first kappa shape index (κ1) is 62.4. The van der Waals surface area contributed by atoms with Crippen molar-refractivity contribution in [3.05, 3.63) is 373 Å². The molecule has 0 amide bonds. The molecule has 14 aromatic carbocycles. The maximum absolute atomic E-state index is 10.8. The summed E-state index contributed by atoms with van der Waals surface area (Å²) < 4.78 is 23.5. The number of hydrogen-bond donors (Lipinski definition) is 0. The van der Waals surface area contributed by atoms with Crippen molar-refractivity contribution in [1.29, 1.82) is 10.5 Å². The lowest BCUT2D eigenvalue weighted by molar-refractivity contribution is 0.415. The van der Waals surface area contributed by atoms with Crippen LogP contribution in [0.4, 0.5) is 17.1 Å². The molecule has 0 unspecified atom stereocenters.